The van der Waals surface area contributed by atoms with Crippen LogP contribution in [-0.2, 0) is 11.2 Å². The standard InChI is InChI=1S/C24H28N2O2S/c1-18-7-9-19(10-8-18)17-21-20-5-2-3-6-22(20)29-23(21)24(27)25-11-4-12-26-13-15-28-16-14-26/h2-3,5-10H,4,11-17H2,1H3,(H,25,27). The summed E-state index contributed by atoms with van der Waals surface area (Å²) in [4.78, 5) is 16.2. The number of rotatable bonds is 7. The molecule has 1 aromatic heterocycles. The van der Waals surface area contributed by atoms with Crippen molar-refractivity contribution in [3.05, 3.63) is 70.1 Å². The van der Waals surface area contributed by atoms with Gasteiger partial charge in [0.15, 0.2) is 0 Å². The molecule has 0 aliphatic carbocycles. The predicted molar refractivity (Wildman–Crippen MR) is 120 cm³/mol. The van der Waals surface area contributed by atoms with Crippen LogP contribution in [0.25, 0.3) is 10.1 Å². The Kier molecular flexibility index (Phi) is 6.60. The third-order valence-electron chi connectivity index (χ3n) is 5.45. The van der Waals surface area contributed by atoms with Gasteiger partial charge in [-0.25, -0.2) is 0 Å². The molecular formula is C24H28N2O2S. The zero-order valence-electron chi connectivity index (χ0n) is 16.9. The van der Waals surface area contributed by atoms with E-state index in [9.17, 15) is 4.79 Å². The molecule has 4 nitrogen and oxygen atoms in total. The molecule has 1 saturated heterocycles. The minimum Gasteiger partial charge on any atom is -0.379 e. The molecule has 1 aliphatic rings. The number of ether oxygens (including phenoxy) is 1. The van der Waals surface area contributed by atoms with Gasteiger partial charge in [-0.1, -0.05) is 48.0 Å². The fraction of sp³-hybridized carbons (Fsp3) is 0.375. The number of hydrogen-bond donors (Lipinski definition) is 1. The molecule has 3 aromatic rings. The number of fused-ring (bicyclic) bond motifs is 1. The van der Waals surface area contributed by atoms with Gasteiger partial charge in [0.05, 0.1) is 18.1 Å². The number of aryl methyl sites for hydroxylation is 1. The van der Waals surface area contributed by atoms with Gasteiger partial charge in [-0.05, 0) is 48.9 Å². The second-order valence-electron chi connectivity index (χ2n) is 7.63. The molecule has 0 spiro atoms. The van der Waals surface area contributed by atoms with Crippen molar-refractivity contribution in [2.24, 2.45) is 0 Å². The van der Waals surface area contributed by atoms with Crippen molar-refractivity contribution in [3.8, 4) is 0 Å². The number of nitrogens with one attached hydrogen (secondary N) is 1. The quantitative estimate of drug-likeness (QED) is 0.594. The van der Waals surface area contributed by atoms with E-state index in [4.69, 9.17) is 4.74 Å². The highest BCUT2D eigenvalue weighted by molar-refractivity contribution is 7.21. The zero-order valence-corrected chi connectivity index (χ0v) is 17.8. The lowest BCUT2D eigenvalue weighted by atomic mass is 10.0. The minimum atomic E-state index is 0.0512. The number of amides is 1. The van der Waals surface area contributed by atoms with Crippen LogP contribution in [0, 0.1) is 6.92 Å². The number of carbonyl (C=O) groups excluding carboxylic acids is 1. The van der Waals surface area contributed by atoms with Crippen molar-refractivity contribution in [1.82, 2.24) is 10.2 Å². The molecule has 2 aromatic carbocycles. The summed E-state index contributed by atoms with van der Waals surface area (Å²) >= 11 is 1.60. The van der Waals surface area contributed by atoms with E-state index in [1.807, 2.05) is 6.07 Å². The summed E-state index contributed by atoms with van der Waals surface area (Å²) in [5.41, 5.74) is 3.63. The summed E-state index contributed by atoms with van der Waals surface area (Å²) in [5, 5.41) is 4.34. The van der Waals surface area contributed by atoms with Crippen molar-refractivity contribution in [2.75, 3.05) is 39.4 Å². The van der Waals surface area contributed by atoms with Crippen LogP contribution >= 0.6 is 11.3 Å². The smallest absolute Gasteiger partial charge is 0.261 e. The molecule has 1 fully saturated rings. The van der Waals surface area contributed by atoms with Gasteiger partial charge in [0.2, 0.25) is 0 Å². The van der Waals surface area contributed by atoms with Gasteiger partial charge in [0.1, 0.15) is 0 Å². The van der Waals surface area contributed by atoms with Crippen molar-refractivity contribution in [1.29, 1.82) is 0 Å². The van der Waals surface area contributed by atoms with Crippen LogP contribution < -0.4 is 5.32 Å². The molecule has 2 heterocycles. The normalized spacial score (nSPS) is 14.9. The lowest BCUT2D eigenvalue weighted by Crippen LogP contribution is -2.38. The molecule has 5 heteroatoms. The van der Waals surface area contributed by atoms with E-state index in [1.54, 1.807) is 11.3 Å². The molecule has 0 saturated carbocycles. The molecule has 152 valence electrons. The maximum atomic E-state index is 13.0. The Hall–Kier alpha value is -2.21. The molecular weight excluding hydrogens is 380 g/mol. The van der Waals surface area contributed by atoms with Crippen LogP contribution in [0.15, 0.2) is 48.5 Å². The lowest BCUT2D eigenvalue weighted by molar-refractivity contribution is 0.0374. The predicted octanol–water partition coefficient (Wildman–Crippen LogP) is 4.25. The van der Waals surface area contributed by atoms with Crippen molar-refractivity contribution in [2.45, 2.75) is 19.8 Å². The van der Waals surface area contributed by atoms with E-state index >= 15 is 0 Å². The van der Waals surface area contributed by atoms with E-state index in [0.29, 0.717) is 6.54 Å². The van der Waals surface area contributed by atoms with Gasteiger partial charge < -0.3 is 10.1 Å². The van der Waals surface area contributed by atoms with E-state index in [1.165, 1.54) is 21.2 Å². The first-order chi connectivity index (χ1) is 14.2. The molecule has 1 amide bonds. The van der Waals surface area contributed by atoms with Crippen LogP contribution in [0.2, 0.25) is 0 Å². The Balaban J connectivity index is 1.45. The summed E-state index contributed by atoms with van der Waals surface area (Å²) in [6.45, 7) is 7.42. The monoisotopic (exact) mass is 408 g/mol. The van der Waals surface area contributed by atoms with E-state index in [-0.39, 0.29) is 5.91 Å². The molecule has 1 N–H and O–H groups in total. The van der Waals surface area contributed by atoms with Crippen LogP contribution in [0.5, 0.6) is 0 Å². The Morgan fingerprint density at radius 3 is 2.66 bits per heavy atom. The Morgan fingerprint density at radius 2 is 1.86 bits per heavy atom. The Morgan fingerprint density at radius 1 is 1.10 bits per heavy atom. The fourth-order valence-corrected chi connectivity index (χ4v) is 4.92. The summed E-state index contributed by atoms with van der Waals surface area (Å²) in [7, 11) is 0. The van der Waals surface area contributed by atoms with E-state index in [0.717, 1.165) is 56.1 Å². The first-order valence-electron chi connectivity index (χ1n) is 10.3. The number of thiophene rings is 1. The minimum absolute atomic E-state index is 0.0512. The van der Waals surface area contributed by atoms with E-state index in [2.05, 4.69) is 59.6 Å². The van der Waals surface area contributed by atoms with Gasteiger partial charge >= 0.3 is 0 Å². The SMILES string of the molecule is Cc1ccc(Cc2c(C(=O)NCCCN3CCOCC3)sc3ccccc23)cc1. The second-order valence-corrected chi connectivity index (χ2v) is 8.68. The van der Waals surface area contributed by atoms with Crippen molar-refractivity contribution < 1.29 is 9.53 Å². The molecule has 4 rings (SSSR count). The number of morpholine rings is 1. The number of nitrogens with zero attached hydrogens (tertiary/aromatic N) is 1. The molecule has 0 atom stereocenters. The highest BCUT2D eigenvalue weighted by atomic mass is 32.1. The van der Waals surface area contributed by atoms with Gasteiger partial charge in [0.25, 0.3) is 5.91 Å². The summed E-state index contributed by atoms with van der Waals surface area (Å²) in [6, 6.07) is 16.9. The number of benzene rings is 2. The highest BCUT2D eigenvalue weighted by Gasteiger charge is 2.18. The largest absolute Gasteiger partial charge is 0.379 e. The fourth-order valence-electron chi connectivity index (χ4n) is 3.78. The van der Waals surface area contributed by atoms with E-state index < -0.39 is 0 Å². The summed E-state index contributed by atoms with van der Waals surface area (Å²) in [6.07, 6.45) is 1.74. The Bertz CT molecular complexity index is 959. The van der Waals surface area contributed by atoms with Gasteiger partial charge in [0, 0.05) is 24.3 Å². The van der Waals surface area contributed by atoms with Crippen molar-refractivity contribution in [3.63, 3.8) is 0 Å². The van der Waals surface area contributed by atoms with Crippen LogP contribution in [0.4, 0.5) is 0 Å². The lowest BCUT2D eigenvalue weighted by Gasteiger charge is -2.26. The molecule has 1 aliphatic heterocycles. The number of carbonyl (C=O) groups is 1. The maximum Gasteiger partial charge on any atom is 0.261 e. The third-order valence-corrected chi connectivity index (χ3v) is 6.66. The first-order valence-corrected chi connectivity index (χ1v) is 11.2. The van der Waals surface area contributed by atoms with Gasteiger partial charge in [-0.15, -0.1) is 11.3 Å². The van der Waals surface area contributed by atoms with Gasteiger partial charge in [-0.3, -0.25) is 9.69 Å². The van der Waals surface area contributed by atoms with Crippen LogP contribution in [0.3, 0.4) is 0 Å². The van der Waals surface area contributed by atoms with Crippen LogP contribution in [0.1, 0.15) is 32.8 Å². The average molecular weight is 409 g/mol. The summed E-state index contributed by atoms with van der Waals surface area (Å²) in [5.74, 6) is 0.0512. The summed E-state index contributed by atoms with van der Waals surface area (Å²) < 4.78 is 6.56. The molecule has 0 unspecified atom stereocenters. The molecule has 0 bridgehead atoms. The number of hydrogen-bond acceptors (Lipinski definition) is 4. The van der Waals surface area contributed by atoms with Crippen LogP contribution in [-0.4, -0.2) is 50.2 Å². The second kappa shape index (κ2) is 9.53. The molecule has 0 radical (unpaired) electrons. The molecule has 29 heavy (non-hydrogen) atoms. The average Bonchev–Trinajstić information content (AvgIpc) is 3.12. The zero-order chi connectivity index (χ0) is 20.1. The highest BCUT2D eigenvalue weighted by Crippen LogP contribution is 2.33. The topological polar surface area (TPSA) is 41.6 Å². The van der Waals surface area contributed by atoms with Gasteiger partial charge in [-0.2, -0.15) is 0 Å². The third kappa shape index (κ3) is 5.04. The first kappa shape index (κ1) is 20.1. The Labute approximate surface area is 176 Å². The van der Waals surface area contributed by atoms with Crippen molar-refractivity contribution >= 4 is 27.3 Å². The maximum absolute atomic E-state index is 13.0.